The SMILES string of the molecule is CC(NCC(O)CO)c1ccc(N(C)C)cc1. The van der Waals surface area contributed by atoms with Crippen molar-refractivity contribution in [2.45, 2.75) is 19.1 Å². The normalized spacial score (nSPS) is 14.4. The van der Waals surface area contributed by atoms with Gasteiger partial charge in [-0.15, -0.1) is 0 Å². The van der Waals surface area contributed by atoms with Gasteiger partial charge in [0.15, 0.2) is 0 Å². The first kappa shape index (κ1) is 14.0. The van der Waals surface area contributed by atoms with Crippen LogP contribution in [0.25, 0.3) is 0 Å². The van der Waals surface area contributed by atoms with Gasteiger partial charge in [-0.25, -0.2) is 0 Å². The van der Waals surface area contributed by atoms with E-state index in [1.54, 1.807) is 0 Å². The number of hydrogen-bond donors (Lipinski definition) is 3. The summed E-state index contributed by atoms with van der Waals surface area (Å²) < 4.78 is 0. The van der Waals surface area contributed by atoms with Crippen LogP contribution >= 0.6 is 0 Å². The Balaban J connectivity index is 2.54. The lowest BCUT2D eigenvalue weighted by molar-refractivity contribution is 0.0924. The fourth-order valence-corrected chi connectivity index (χ4v) is 1.56. The van der Waals surface area contributed by atoms with Gasteiger partial charge in [0.2, 0.25) is 0 Å². The topological polar surface area (TPSA) is 55.7 Å². The van der Waals surface area contributed by atoms with E-state index in [-0.39, 0.29) is 12.6 Å². The summed E-state index contributed by atoms with van der Waals surface area (Å²) in [5, 5.41) is 21.1. The van der Waals surface area contributed by atoms with Crippen LogP contribution in [0.15, 0.2) is 24.3 Å². The van der Waals surface area contributed by atoms with Gasteiger partial charge in [0.05, 0.1) is 12.7 Å². The van der Waals surface area contributed by atoms with Crippen molar-refractivity contribution < 1.29 is 10.2 Å². The first-order valence-electron chi connectivity index (χ1n) is 5.84. The number of benzene rings is 1. The van der Waals surface area contributed by atoms with Crippen LogP contribution in [0.2, 0.25) is 0 Å². The highest BCUT2D eigenvalue weighted by atomic mass is 16.3. The predicted molar refractivity (Wildman–Crippen MR) is 70.3 cm³/mol. The summed E-state index contributed by atoms with van der Waals surface area (Å²) in [6.07, 6.45) is -0.696. The molecule has 0 fully saturated rings. The van der Waals surface area contributed by atoms with Gasteiger partial charge in [0.1, 0.15) is 0 Å². The van der Waals surface area contributed by atoms with Gasteiger partial charge in [-0.05, 0) is 24.6 Å². The fourth-order valence-electron chi connectivity index (χ4n) is 1.56. The molecule has 0 saturated carbocycles. The summed E-state index contributed by atoms with van der Waals surface area (Å²) in [6, 6.07) is 8.43. The summed E-state index contributed by atoms with van der Waals surface area (Å²) in [6.45, 7) is 2.22. The van der Waals surface area contributed by atoms with E-state index < -0.39 is 6.10 Å². The van der Waals surface area contributed by atoms with Crippen molar-refractivity contribution in [3.8, 4) is 0 Å². The lowest BCUT2D eigenvalue weighted by Gasteiger charge is -2.18. The highest BCUT2D eigenvalue weighted by Crippen LogP contribution is 2.17. The maximum atomic E-state index is 9.25. The number of rotatable bonds is 6. The zero-order valence-electron chi connectivity index (χ0n) is 10.7. The molecule has 96 valence electrons. The fraction of sp³-hybridized carbons (Fsp3) is 0.538. The summed E-state index contributed by atoms with van der Waals surface area (Å²) >= 11 is 0. The number of nitrogens with one attached hydrogen (secondary N) is 1. The second-order valence-corrected chi connectivity index (χ2v) is 4.45. The third kappa shape index (κ3) is 4.34. The maximum Gasteiger partial charge on any atom is 0.0895 e. The van der Waals surface area contributed by atoms with Gasteiger partial charge >= 0.3 is 0 Å². The quantitative estimate of drug-likeness (QED) is 0.685. The minimum absolute atomic E-state index is 0.160. The van der Waals surface area contributed by atoms with Crippen LogP contribution in [0.3, 0.4) is 0 Å². The third-order valence-electron chi connectivity index (χ3n) is 2.78. The molecular weight excluding hydrogens is 216 g/mol. The van der Waals surface area contributed by atoms with Crippen molar-refractivity contribution in [2.24, 2.45) is 0 Å². The molecule has 0 aliphatic rings. The molecule has 1 aromatic rings. The smallest absolute Gasteiger partial charge is 0.0895 e. The average Bonchev–Trinajstić information content (AvgIpc) is 2.35. The molecule has 0 bridgehead atoms. The van der Waals surface area contributed by atoms with Crippen molar-refractivity contribution >= 4 is 5.69 Å². The van der Waals surface area contributed by atoms with Gasteiger partial charge in [-0.1, -0.05) is 12.1 Å². The largest absolute Gasteiger partial charge is 0.394 e. The standard InChI is InChI=1S/C13H22N2O2/c1-10(14-8-13(17)9-16)11-4-6-12(7-5-11)15(2)3/h4-7,10,13-14,16-17H,8-9H2,1-3H3. The Morgan fingerprint density at radius 2 is 1.82 bits per heavy atom. The van der Waals surface area contributed by atoms with E-state index in [1.807, 2.05) is 21.0 Å². The van der Waals surface area contributed by atoms with Crippen molar-refractivity contribution in [1.29, 1.82) is 0 Å². The molecule has 3 N–H and O–H groups in total. The van der Waals surface area contributed by atoms with Crippen LogP contribution in [0, 0.1) is 0 Å². The number of anilines is 1. The van der Waals surface area contributed by atoms with Crippen LogP contribution in [0.1, 0.15) is 18.5 Å². The van der Waals surface area contributed by atoms with Crippen molar-refractivity contribution in [1.82, 2.24) is 5.32 Å². The molecule has 4 nitrogen and oxygen atoms in total. The second kappa shape index (κ2) is 6.59. The van der Waals surface area contributed by atoms with Crippen molar-refractivity contribution in [2.75, 3.05) is 32.1 Å². The molecule has 4 heteroatoms. The molecule has 2 unspecified atom stereocenters. The predicted octanol–water partition coefficient (Wildman–Crippen LogP) is 0.756. The van der Waals surface area contributed by atoms with Gasteiger partial charge < -0.3 is 20.4 Å². The molecule has 0 amide bonds. The van der Waals surface area contributed by atoms with Crippen LogP contribution in [-0.4, -0.2) is 43.6 Å². The van der Waals surface area contributed by atoms with Crippen LogP contribution in [-0.2, 0) is 0 Å². The van der Waals surface area contributed by atoms with Gasteiger partial charge in [0, 0.05) is 32.4 Å². The van der Waals surface area contributed by atoms with Crippen molar-refractivity contribution in [3.63, 3.8) is 0 Å². The van der Waals surface area contributed by atoms with Gasteiger partial charge in [0.25, 0.3) is 0 Å². The molecular formula is C13H22N2O2. The average molecular weight is 238 g/mol. The van der Waals surface area contributed by atoms with E-state index in [0.29, 0.717) is 6.54 Å². The van der Waals surface area contributed by atoms with E-state index in [4.69, 9.17) is 5.11 Å². The second-order valence-electron chi connectivity index (χ2n) is 4.45. The molecule has 0 spiro atoms. The van der Waals surface area contributed by atoms with Gasteiger partial charge in [-0.3, -0.25) is 0 Å². The maximum absolute atomic E-state index is 9.25. The Labute approximate surface area is 103 Å². The van der Waals surface area contributed by atoms with Crippen molar-refractivity contribution in [3.05, 3.63) is 29.8 Å². The van der Waals surface area contributed by atoms with Crippen LogP contribution in [0.5, 0.6) is 0 Å². The molecule has 0 aliphatic heterocycles. The summed E-state index contributed by atoms with van der Waals surface area (Å²) in [7, 11) is 4.02. The molecule has 1 rings (SSSR count). The lowest BCUT2D eigenvalue weighted by Crippen LogP contribution is -2.31. The molecule has 0 aromatic heterocycles. The number of nitrogens with zero attached hydrogens (tertiary/aromatic N) is 1. The highest BCUT2D eigenvalue weighted by molar-refractivity contribution is 5.46. The molecule has 0 heterocycles. The Morgan fingerprint density at radius 1 is 1.24 bits per heavy atom. The number of aliphatic hydroxyl groups is 2. The zero-order valence-corrected chi connectivity index (χ0v) is 10.7. The monoisotopic (exact) mass is 238 g/mol. The number of hydrogen-bond acceptors (Lipinski definition) is 4. The molecule has 0 aliphatic carbocycles. The third-order valence-corrected chi connectivity index (χ3v) is 2.78. The number of aliphatic hydroxyl groups excluding tert-OH is 2. The first-order valence-corrected chi connectivity index (χ1v) is 5.84. The Kier molecular flexibility index (Phi) is 5.41. The van der Waals surface area contributed by atoms with E-state index in [2.05, 4.69) is 34.5 Å². The minimum atomic E-state index is -0.696. The highest BCUT2D eigenvalue weighted by Gasteiger charge is 2.08. The Morgan fingerprint density at radius 3 is 2.29 bits per heavy atom. The van der Waals surface area contributed by atoms with E-state index in [1.165, 1.54) is 5.56 Å². The van der Waals surface area contributed by atoms with Gasteiger partial charge in [-0.2, -0.15) is 0 Å². The Bertz CT molecular complexity index is 325. The van der Waals surface area contributed by atoms with Crippen LogP contribution in [0.4, 0.5) is 5.69 Å². The molecule has 1 aromatic carbocycles. The molecule has 0 radical (unpaired) electrons. The molecule has 2 atom stereocenters. The zero-order chi connectivity index (χ0) is 12.8. The first-order chi connectivity index (χ1) is 8.04. The summed E-state index contributed by atoms with van der Waals surface area (Å²) in [4.78, 5) is 2.05. The Hall–Kier alpha value is -1.10. The van der Waals surface area contributed by atoms with E-state index in [0.717, 1.165) is 5.69 Å². The molecule has 0 saturated heterocycles. The lowest BCUT2D eigenvalue weighted by atomic mass is 10.1. The van der Waals surface area contributed by atoms with E-state index >= 15 is 0 Å². The minimum Gasteiger partial charge on any atom is -0.394 e. The molecule has 17 heavy (non-hydrogen) atoms. The summed E-state index contributed by atoms with van der Waals surface area (Å²) in [5.41, 5.74) is 2.33. The summed E-state index contributed by atoms with van der Waals surface area (Å²) in [5.74, 6) is 0. The van der Waals surface area contributed by atoms with Crippen LogP contribution < -0.4 is 10.2 Å². The van der Waals surface area contributed by atoms with E-state index in [9.17, 15) is 5.11 Å².